The van der Waals surface area contributed by atoms with Crippen molar-refractivity contribution in [3.8, 4) is 0 Å². The lowest BCUT2D eigenvalue weighted by atomic mass is 9.84. The minimum absolute atomic E-state index is 0.422. The van der Waals surface area contributed by atoms with Crippen LogP contribution in [0.2, 0.25) is 0 Å². The van der Waals surface area contributed by atoms with Crippen molar-refractivity contribution in [2.45, 2.75) is 45.6 Å². The van der Waals surface area contributed by atoms with Crippen LogP contribution in [0.1, 0.15) is 50.5 Å². The van der Waals surface area contributed by atoms with Crippen molar-refractivity contribution >= 4 is 11.0 Å². The van der Waals surface area contributed by atoms with Crippen LogP contribution in [0.25, 0.3) is 11.0 Å². The van der Waals surface area contributed by atoms with E-state index in [-0.39, 0.29) is 0 Å². The van der Waals surface area contributed by atoms with E-state index < -0.39 is 0 Å². The molecule has 1 N–H and O–H groups in total. The highest BCUT2D eigenvalue weighted by atomic mass is 16.3. The van der Waals surface area contributed by atoms with Crippen LogP contribution in [-0.2, 0) is 6.42 Å². The van der Waals surface area contributed by atoms with E-state index in [0.717, 1.165) is 29.6 Å². The van der Waals surface area contributed by atoms with Gasteiger partial charge >= 0.3 is 0 Å². The summed E-state index contributed by atoms with van der Waals surface area (Å²) >= 11 is 0. The molecule has 1 aliphatic rings. The standard InChI is InChI=1S/C18H25NO/c1-4-15-17(14-9-5-6-11-16(14)20-15)18(19-3)13-10-7-8-12(13)2/h5-6,9,11-13,18-19H,4,7-8,10H2,1-3H3. The van der Waals surface area contributed by atoms with E-state index in [1.165, 1.54) is 30.2 Å². The number of para-hydroxylation sites is 1. The quantitative estimate of drug-likeness (QED) is 0.872. The number of aryl methyl sites for hydroxylation is 1. The van der Waals surface area contributed by atoms with E-state index in [1.807, 2.05) is 0 Å². The van der Waals surface area contributed by atoms with Gasteiger partial charge in [0.2, 0.25) is 0 Å². The molecule has 1 aromatic carbocycles. The van der Waals surface area contributed by atoms with Gasteiger partial charge in [-0.05, 0) is 31.4 Å². The molecule has 2 heteroatoms. The number of hydrogen-bond acceptors (Lipinski definition) is 2. The van der Waals surface area contributed by atoms with Crippen molar-refractivity contribution in [2.75, 3.05) is 7.05 Å². The molecule has 0 amide bonds. The molecular formula is C18H25NO. The van der Waals surface area contributed by atoms with Crippen LogP contribution in [0.4, 0.5) is 0 Å². The van der Waals surface area contributed by atoms with Crippen LogP contribution in [-0.4, -0.2) is 7.05 Å². The number of benzene rings is 1. The van der Waals surface area contributed by atoms with Crippen LogP contribution < -0.4 is 5.32 Å². The maximum atomic E-state index is 6.09. The predicted octanol–water partition coefficient (Wildman–Crippen LogP) is 4.69. The first-order chi connectivity index (χ1) is 9.76. The lowest BCUT2D eigenvalue weighted by molar-refractivity contribution is 0.312. The highest BCUT2D eigenvalue weighted by Gasteiger charge is 2.34. The average molecular weight is 271 g/mol. The van der Waals surface area contributed by atoms with Gasteiger partial charge in [-0.3, -0.25) is 0 Å². The van der Waals surface area contributed by atoms with Crippen molar-refractivity contribution < 1.29 is 4.42 Å². The van der Waals surface area contributed by atoms with Gasteiger partial charge in [-0.1, -0.05) is 44.9 Å². The molecule has 0 aliphatic heterocycles. The molecule has 2 aromatic rings. The summed E-state index contributed by atoms with van der Waals surface area (Å²) in [6.07, 6.45) is 5.01. The summed E-state index contributed by atoms with van der Waals surface area (Å²) in [6.45, 7) is 4.59. The fraction of sp³-hybridized carbons (Fsp3) is 0.556. The van der Waals surface area contributed by atoms with Gasteiger partial charge in [0, 0.05) is 23.4 Å². The molecule has 3 unspecified atom stereocenters. The van der Waals surface area contributed by atoms with Crippen molar-refractivity contribution in [3.05, 3.63) is 35.6 Å². The molecule has 0 saturated heterocycles. The lowest BCUT2D eigenvalue weighted by Crippen LogP contribution is -2.27. The average Bonchev–Trinajstić information content (AvgIpc) is 3.05. The van der Waals surface area contributed by atoms with E-state index in [0.29, 0.717) is 6.04 Å². The molecule has 1 aliphatic carbocycles. The molecule has 0 bridgehead atoms. The Balaban J connectivity index is 2.10. The molecule has 0 radical (unpaired) electrons. The summed E-state index contributed by atoms with van der Waals surface area (Å²) in [7, 11) is 2.09. The van der Waals surface area contributed by atoms with Gasteiger partial charge in [0.25, 0.3) is 0 Å². The number of furan rings is 1. The van der Waals surface area contributed by atoms with Crippen LogP contribution in [0.3, 0.4) is 0 Å². The molecule has 2 nitrogen and oxygen atoms in total. The Hall–Kier alpha value is -1.28. The summed E-state index contributed by atoms with van der Waals surface area (Å²) in [4.78, 5) is 0. The van der Waals surface area contributed by atoms with Crippen molar-refractivity contribution in [1.29, 1.82) is 0 Å². The normalized spacial score (nSPS) is 24.4. The van der Waals surface area contributed by atoms with Gasteiger partial charge < -0.3 is 9.73 Å². The van der Waals surface area contributed by atoms with Gasteiger partial charge in [-0.15, -0.1) is 0 Å². The fourth-order valence-corrected chi connectivity index (χ4v) is 3.96. The second-order valence-corrected chi connectivity index (χ2v) is 6.13. The zero-order chi connectivity index (χ0) is 14.1. The van der Waals surface area contributed by atoms with E-state index in [2.05, 4.69) is 50.5 Å². The van der Waals surface area contributed by atoms with E-state index in [1.54, 1.807) is 0 Å². The number of fused-ring (bicyclic) bond motifs is 1. The minimum atomic E-state index is 0.422. The third kappa shape index (κ3) is 2.16. The maximum absolute atomic E-state index is 6.09. The summed E-state index contributed by atoms with van der Waals surface area (Å²) in [6, 6.07) is 8.89. The van der Waals surface area contributed by atoms with Crippen molar-refractivity contribution in [3.63, 3.8) is 0 Å². The molecule has 3 rings (SSSR count). The first-order valence-corrected chi connectivity index (χ1v) is 7.93. The first kappa shape index (κ1) is 13.7. The Morgan fingerprint density at radius 2 is 2.10 bits per heavy atom. The second-order valence-electron chi connectivity index (χ2n) is 6.13. The van der Waals surface area contributed by atoms with Crippen LogP contribution in [0.5, 0.6) is 0 Å². The van der Waals surface area contributed by atoms with Gasteiger partial charge in [-0.2, -0.15) is 0 Å². The van der Waals surface area contributed by atoms with Gasteiger partial charge in [0.15, 0.2) is 0 Å². The van der Waals surface area contributed by atoms with Crippen LogP contribution in [0, 0.1) is 11.8 Å². The number of nitrogens with one attached hydrogen (secondary N) is 1. The molecule has 108 valence electrons. The SMILES string of the molecule is CCc1oc2ccccc2c1C(NC)C1CCCC1C. The first-order valence-electron chi connectivity index (χ1n) is 7.93. The Morgan fingerprint density at radius 1 is 1.30 bits per heavy atom. The smallest absolute Gasteiger partial charge is 0.134 e. The monoisotopic (exact) mass is 271 g/mol. The predicted molar refractivity (Wildman–Crippen MR) is 83.9 cm³/mol. The number of rotatable bonds is 4. The van der Waals surface area contributed by atoms with Crippen molar-refractivity contribution in [2.24, 2.45) is 11.8 Å². The molecule has 1 aromatic heterocycles. The molecule has 3 atom stereocenters. The van der Waals surface area contributed by atoms with Crippen molar-refractivity contribution in [1.82, 2.24) is 5.32 Å². The topological polar surface area (TPSA) is 25.2 Å². The highest BCUT2D eigenvalue weighted by Crippen LogP contribution is 2.43. The Morgan fingerprint density at radius 3 is 2.75 bits per heavy atom. The maximum Gasteiger partial charge on any atom is 0.134 e. The molecule has 1 saturated carbocycles. The lowest BCUT2D eigenvalue weighted by Gasteiger charge is -2.27. The van der Waals surface area contributed by atoms with Crippen LogP contribution in [0.15, 0.2) is 28.7 Å². The largest absolute Gasteiger partial charge is 0.461 e. The van der Waals surface area contributed by atoms with Gasteiger partial charge in [-0.25, -0.2) is 0 Å². The third-order valence-electron chi connectivity index (χ3n) is 5.01. The van der Waals surface area contributed by atoms with Gasteiger partial charge in [0.1, 0.15) is 11.3 Å². The Bertz CT molecular complexity index is 586. The summed E-state index contributed by atoms with van der Waals surface area (Å²) in [5.41, 5.74) is 2.44. The van der Waals surface area contributed by atoms with Gasteiger partial charge in [0.05, 0.1) is 0 Å². The summed E-state index contributed by atoms with van der Waals surface area (Å²) < 4.78 is 6.09. The fourth-order valence-electron chi connectivity index (χ4n) is 3.96. The zero-order valence-corrected chi connectivity index (χ0v) is 12.8. The minimum Gasteiger partial charge on any atom is -0.461 e. The zero-order valence-electron chi connectivity index (χ0n) is 12.8. The molecule has 20 heavy (non-hydrogen) atoms. The Labute approximate surface area is 121 Å². The van der Waals surface area contributed by atoms with E-state index >= 15 is 0 Å². The molecule has 1 heterocycles. The third-order valence-corrected chi connectivity index (χ3v) is 5.01. The molecule has 1 fully saturated rings. The highest BCUT2D eigenvalue weighted by molar-refractivity contribution is 5.82. The van der Waals surface area contributed by atoms with E-state index in [4.69, 9.17) is 4.42 Å². The van der Waals surface area contributed by atoms with E-state index in [9.17, 15) is 0 Å². The summed E-state index contributed by atoms with van der Waals surface area (Å²) in [5.74, 6) is 2.68. The van der Waals surface area contributed by atoms with Crippen LogP contribution >= 0.6 is 0 Å². The molecule has 0 spiro atoms. The number of hydrogen-bond donors (Lipinski definition) is 1. The Kier molecular flexibility index (Phi) is 3.84. The second kappa shape index (κ2) is 5.61. The summed E-state index contributed by atoms with van der Waals surface area (Å²) in [5, 5.41) is 4.88. The molecular weight excluding hydrogens is 246 g/mol.